The van der Waals surface area contributed by atoms with Gasteiger partial charge in [-0.1, -0.05) is 233 Å². The van der Waals surface area contributed by atoms with Crippen LogP contribution in [0.3, 0.4) is 0 Å². The molecule has 330 valence electrons. The molecule has 0 saturated carbocycles. The van der Waals surface area contributed by atoms with Gasteiger partial charge in [0.25, 0.3) is 0 Å². The zero-order valence-electron chi connectivity index (χ0n) is 38.5. The van der Waals surface area contributed by atoms with Crippen LogP contribution in [0.5, 0.6) is 0 Å². The molecule has 7 rings (SSSR count). The predicted molar refractivity (Wildman–Crippen MR) is 286 cm³/mol. The molecule has 0 N–H and O–H groups in total. The molecule has 0 saturated heterocycles. The lowest BCUT2D eigenvalue weighted by molar-refractivity contribution is 0.478. The van der Waals surface area contributed by atoms with Crippen LogP contribution in [0.25, 0.3) is 16.7 Å². The van der Waals surface area contributed by atoms with Crippen molar-refractivity contribution in [2.24, 2.45) is 30.0 Å². The van der Waals surface area contributed by atoms with E-state index in [1.165, 1.54) is 11.1 Å². The summed E-state index contributed by atoms with van der Waals surface area (Å²) in [5.41, 5.74) is 12.3. The third-order valence-electron chi connectivity index (χ3n) is 12.1. The standard InChI is InChI=1S/C61H56N6/c1-7-20-47(8-2)49-31-27-45(28-32-49)43-65-60(66-57(62-5)51-23-16-12-17-24-51)54-37-41-56(42-38-54)61(9-3,10-4)55-39-29-46(30-40-55)44-64-59(52-25-18-13-19-26-52)67-58(63-6)53-35-33-50(34-36-53)48-21-14-11-15-22-48/h7-8,11-42H,1-2,5-6,9-10,43-44H2,3-4H3/b47-20+,64-59?,65-60?,66-57?,67-58?. The van der Waals surface area contributed by atoms with Gasteiger partial charge in [0.15, 0.2) is 23.3 Å². The predicted octanol–water partition coefficient (Wildman–Crippen LogP) is 14.4. The van der Waals surface area contributed by atoms with Gasteiger partial charge in [-0.2, -0.15) is 0 Å². The number of nitrogens with zero attached hydrogens (tertiary/aromatic N) is 6. The molecule has 0 radical (unpaired) electrons. The lowest BCUT2D eigenvalue weighted by Crippen LogP contribution is -2.26. The Balaban J connectivity index is 1.15. The maximum Gasteiger partial charge on any atom is 0.161 e. The Bertz CT molecular complexity index is 2920. The summed E-state index contributed by atoms with van der Waals surface area (Å²) in [7, 11) is 0. The van der Waals surface area contributed by atoms with Gasteiger partial charge in [-0.25, -0.2) is 20.0 Å². The fourth-order valence-corrected chi connectivity index (χ4v) is 8.23. The first-order valence-electron chi connectivity index (χ1n) is 22.6. The monoisotopic (exact) mass is 872 g/mol. The van der Waals surface area contributed by atoms with Crippen LogP contribution in [0.15, 0.2) is 249 Å². The van der Waals surface area contributed by atoms with E-state index in [2.05, 4.69) is 147 Å². The molecular formula is C61H56N6. The Kier molecular flexibility index (Phi) is 16.1. The summed E-state index contributed by atoms with van der Waals surface area (Å²) < 4.78 is 0. The molecule has 0 aliphatic heterocycles. The van der Waals surface area contributed by atoms with Crippen LogP contribution in [0.4, 0.5) is 0 Å². The van der Waals surface area contributed by atoms with Gasteiger partial charge in [0.05, 0.1) is 13.1 Å². The zero-order valence-corrected chi connectivity index (χ0v) is 38.5. The second-order valence-electron chi connectivity index (χ2n) is 16.0. The molecule has 0 unspecified atom stereocenters. The van der Waals surface area contributed by atoms with Gasteiger partial charge in [0.1, 0.15) is 0 Å². The van der Waals surface area contributed by atoms with Gasteiger partial charge in [0, 0.05) is 27.7 Å². The van der Waals surface area contributed by atoms with Gasteiger partial charge in [0.2, 0.25) is 0 Å². The van der Waals surface area contributed by atoms with Crippen molar-refractivity contribution in [3.63, 3.8) is 0 Å². The van der Waals surface area contributed by atoms with Crippen molar-refractivity contribution in [3.8, 4) is 11.1 Å². The van der Waals surface area contributed by atoms with E-state index in [9.17, 15) is 0 Å². The van der Waals surface area contributed by atoms with Gasteiger partial charge in [-0.15, -0.1) is 0 Å². The largest absolute Gasteiger partial charge is 0.261 e. The lowest BCUT2D eigenvalue weighted by atomic mass is 9.70. The fraction of sp³-hybridized carbons (Fsp3) is 0.115. The minimum absolute atomic E-state index is 0.217. The first kappa shape index (κ1) is 46.8. The molecule has 0 aliphatic rings. The molecule has 0 bridgehead atoms. The lowest BCUT2D eigenvalue weighted by Gasteiger charge is -2.33. The van der Waals surface area contributed by atoms with E-state index in [0.717, 1.165) is 68.5 Å². The Labute approximate surface area is 396 Å². The van der Waals surface area contributed by atoms with E-state index in [0.29, 0.717) is 36.4 Å². The summed E-state index contributed by atoms with van der Waals surface area (Å²) in [6.45, 7) is 20.9. The maximum atomic E-state index is 5.07. The van der Waals surface area contributed by atoms with Crippen LogP contribution in [-0.2, 0) is 18.5 Å². The fourth-order valence-electron chi connectivity index (χ4n) is 8.23. The van der Waals surface area contributed by atoms with E-state index in [1.54, 1.807) is 6.08 Å². The highest BCUT2D eigenvalue weighted by atomic mass is 15.0. The van der Waals surface area contributed by atoms with Crippen LogP contribution < -0.4 is 0 Å². The average molecular weight is 873 g/mol. The van der Waals surface area contributed by atoms with Gasteiger partial charge in [-0.05, 0) is 70.8 Å². The van der Waals surface area contributed by atoms with Crippen molar-refractivity contribution in [2.75, 3.05) is 0 Å². The first-order chi connectivity index (χ1) is 32.9. The van der Waals surface area contributed by atoms with Crippen LogP contribution in [0, 0.1) is 0 Å². The number of hydrogen-bond donors (Lipinski definition) is 0. The highest BCUT2D eigenvalue weighted by Crippen LogP contribution is 2.39. The summed E-state index contributed by atoms with van der Waals surface area (Å²) >= 11 is 0. The zero-order chi connectivity index (χ0) is 46.9. The van der Waals surface area contributed by atoms with Crippen LogP contribution in [-0.4, -0.2) is 36.8 Å². The van der Waals surface area contributed by atoms with E-state index < -0.39 is 0 Å². The van der Waals surface area contributed by atoms with E-state index in [1.807, 2.05) is 103 Å². The highest BCUT2D eigenvalue weighted by Gasteiger charge is 2.30. The molecule has 0 aromatic heterocycles. The Morgan fingerprint density at radius 3 is 1.25 bits per heavy atom. The van der Waals surface area contributed by atoms with Crippen molar-refractivity contribution in [3.05, 3.63) is 270 Å². The Hall–Kier alpha value is -8.22. The van der Waals surface area contributed by atoms with Crippen molar-refractivity contribution in [1.29, 1.82) is 0 Å². The Morgan fingerprint density at radius 1 is 0.433 bits per heavy atom. The van der Waals surface area contributed by atoms with Crippen molar-refractivity contribution >= 4 is 42.4 Å². The van der Waals surface area contributed by atoms with Crippen molar-refractivity contribution in [1.82, 2.24) is 0 Å². The molecular weight excluding hydrogens is 817 g/mol. The van der Waals surface area contributed by atoms with Crippen LogP contribution in [0.1, 0.15) is 76.8 Å². The molecule has 67 heavy (non-hydrogen) atoms. The maximum absolute atomic E-state index is 5.07. The molecule has 7 aromatic carbocycles. The number of rotatable bonds is 16. The molecule has 0 spiro atoms. The van der Waals surface area contributed by atoms with Crippen LogP contribution >= 0.6 is 0 Å². The molecule has 0 atom stereocenters. The summed E-state index contributed by atoms with van der Waals surface area (Å²) in [5.74, 6) is 2.21. The average Bonchev–Trinajstić information content (AvgIpc) is 3.40. The first-order valence-corrected chi connectivity index (χ1v) is 22.6. The minimum atomic E-state index is -0.217. The molecule has 7 aromatic rings. The van der Waals surface area contributed by atoms with Gasteiger partial charge >= 0.3 is 0 Å². The van der Waals surface area contributed by atoms with Crippen LogP contribution in [0.2, 0.25) is 0 Å². The smallest absolute Gasteiger partial charge is 0.161 e. The van der Waals surface area contributed by atoms with Gasteiger partial charge in [-0.3, -0.25) is 9.98 Å². The number of benzene rings is 7. The third-order valence-corrected chi connectivity index (χ3v) is 12.1. The summed E-state index contributed by atoms with van der Waals surface area (Å²) in [4.78, 5) is 28.8. The molecule has 0 amide bonds. The number of aliphatic imine (C=N–C) groups is 6. The minimum Gasteiger partial charge on any atom is -0.261 e. The summed E-state index contributed by atoms with van der Waals surface area (Å²) in [5, 5.41) is 0. The summed E-state index contributed by atoms with van der Waals surface area (Å²) in [6, 6.07) is 64.3. The van der Waals surface area contributed by atoms with Crippen molar-refractivity contribution < 1.29 is 0 Å². The molecule has 6 heteroatoms. The molecule has 6 nitrogen and oxygen atoms in total. The van der Waals surface area contributed by atoms with E-state index in [4.69, 9.17) is 20.0 Å². The number of allylic oxidation sites excluding steroid dienone is 4. The molecule has 0 heterocycles. The van der Waals surface area contributed by atoms with E-state index in [-0.39, 0.29) is 5.41 Å². The highest BCUT2D eigenvalue weighted by molar-refractivity contribution is 6.13. The third kappa shape index (κ3) is 11.5. The number of amidine groups is 4. The SMILES string of the molecule is C=C/C=C(\C=C)c1ccc(CN=C(N=C(N=C)c2ccccc2)c2ccc(C(CC)(CC)c3ccc(CN=C(N=C(N=C)c4ccc(-c5ccccc5)cc4)c4ccccc4)cc3)cc2)cc1. The molecule has 0 fully saturated rings. The molecule has 0 aliphatic carbocycles. The number of hydrogen-bond acceptors (Lipinski definition) is 2. The summed E-state index contributed by atoms with van der Waals surface area (Å²) in [6.07, 6.45) is 7.39. The van der Waals surface area contributed by atoms with E-state index >= 15 is 0 Å². The Morgan fingerprint density at radius 2 is 0.806 bits per heavy atom. The second kappa shape index (κ2) is 23.1. The quantitative estimate of drug-likeness (QED) is 0.0527. The second-order valence-corrected chi connectivity index (χ2v) is 16.0. The van der Waals surface area contributed by atoms with Crippen molar-refractivity contribution in [2.45, 2.75) is 45.2 Å². The van der Waals surface area contributed by atoms with Gasteiger partial charge < -0.3 is 0 Å². The topological polar surface area (TPSA) is 74.2 Å². The normalized spacial score (nSPS) is 12.7.